The van der Waals surface area contributed by atoms with Crippen LogP contribution in [0.3, 0.4) is 0 Å². The lowest BCUT2D eigenvalue weighted by Crippen LogP contribution is -2.32. The summed E-state index contributed by atoms with van der Waals surface area (Å²) in [5, 5.41) is 16.5. The molecule has 148 valence electrons. The van der Waals surface area contributed by atoms with E-state index < -0.39 is 17.1 Å². The van der Waals surface area contributed by atoms with Gasteiger partial charge < -0.3 is 15.4 Å². The molecule has 8 nitrogen and oxygen atoms in total. The van der Waals surface area contributed by atoms with Crippen molar-refractivity contribution >= 4 is 23.4 Å². The highest BCUT2D eigenvalue weighted by atomic mass is 16.6. The van der Waals surface area contributed by atoms with Crippen LogP contribution in [0, 0.1) is 24.0 Å². The van der Waals surface area contributed by atoms with E-state index in [-0.39, 0.29) is 24.6 Å². The molecule has 0 fully saturated rings. The fourth-order valence-electron chi connectivity index (χ4n) is 2.75. The second-order valence-corrected chi connectivity index (χ2v) is 6.27. The number of nitro groups is 1. The van der Waals surface area contributed by atoms with Gasteiger partial charge in [0.1, 0.15) is 0 Å². The van der Waals surface area contributed by atoms with E-state index in [1.165, 1.54) is 6.07 Å². The van der Waals surface area contributed by atoms with Crippen LogP contribution in [0.5, 0.6) is 0 Å². The van der Waals surface area contributed by atoms with Crippen molar-refractivity contribution < 1.29 is 19.2 Å². The van der Waals surface area contributed by atoms with Crippen LogP contribution in [0.15, 0.2) is 42.5 Å². The quantitative estimate of drug-likeness (QED) is 0.552. The summed E-state index contributed by atoms with van der Waals surface area (Å²) < 4.78 is 4.91. The van der Waals surface area contributed by atoms with Crippen LogP contribution < -0.4 is 10.6 Å². The van der Waals surface area contributed by atoms with Gasteiger partial charge in [-0.1, -0.05) is 30.3 Å². The van der Waals surface area contributed by atoms with Crippen molar-refractivity contribution in [1.82, 2.24) is 5.32 Å². The molecule has 0 aliphatic carbocycles. The average molecular weight is 385 g/mol. The van der Waals surface area contributed by atoms with Crippen molar-refractivity contribution in [1.29, 1.82) is 0 Å². The summed E-state index contributed by atoms with van der Waals surface area (Å²) in [5.41, 5.74) is 2.28. The van der Waals surface area contributed by atoms with Crippen LogP contribution in [0.1, 0.15) is 36.1 Å². The molecule has 0 aromatic heterocycles. The molecule has 0 radical (unpaired) electrons. The van der Waals surface area contributed by atoms with Gasteiger partial charge in [-0.25, -0.2) is 4.79 Å². The number of aryl methyl sites for hydroxylation is 1. The SMILES string of the molecule is CCOC(=O)N[C@H](CC(=O)Nc1cc(C)c(C)c([N+](=O)[O-])c1)c1ccccc1. The Morgan fingerprint density at radius 3 is 2.46 bits per heavy atom. The molecule has 8 heteroatoms. The van der Waals surface area contributed by atoms with Gasteiger partial charge in [-0.05, 0) is 38.0 Å². The van der Waals surface area contributed by atoms with E-state index in [1.54, 1.807) is 51.1 Å². The molecule has 0 saturated carbocycles. The second-order valence-electron chi connectivity index (χ2n) is 6.27. The third-order valence-electron chi connectivity index (χ3n) is 4.28. The van der Waals surface area contributed by atoms with Gasteiger partial charge in [-0.15, -0.1) is 0 Å². The van der Waals surface area contributed by atoms with E-state index in [4.69, 9.17) is 4.74 Å². The molecule has 0 aliphatic rings. The lowest BCUT2D eigenvalue weighted by Gasteiger charge is -2.19. The van der Waals surface area contributed by atoms with Gasteiger partial charge in [0, 0.05) is 17.3 Å². The summed E-state index contributed by atoms with van der Waals surface area (Å²) in [6, 6.07) is 11.4. The standard InChI is InChI=1S/C20H23N3O5/c1-4-28-20(25)22-17(15-8-6-5-7-9-15)12-19(24)21-16-10-13(2)14(3)18(11-16)23(26)27/h5-11,17H,4,12H2,1-3H3,(H,21,24)(H,22,25)/t17-/m1/s1. The lowest BCUT2D eigenvalue weighted by atomic mass is 10.0. The second kappa shape index (κ2) is 9.50. The number of rotatable bonds is 7. The Bertz CT molecular complexity index is 868. The number of hydrogen-bond donors (Lipinski definition) is 2. The van der Waals surface area contributed by atoms with E-state index in [2.05, 4.69) is 10.6 Å². The van der Waals surface area contributed by atoms with Gasteiger partial charge in [0.25, 0.3) is 5.69 Å². The largest absolute Gasteiger partial charge is 0.450 e. The number of benzene rings is 2. The van der Waals surface area contributed by atoms with E-state index in [9.17, 15) is 19.7 Å². The predicted octanol–water partition coefficient (Wildman–Crippen LogP) is 4.03. The Morgan fingerprint density at radius 1 is 1.18 bits per heavy atom. The van der Waals surface area contributed by atoms with E-state index in [0.717, 1.165) is 5.56 Å². The first kappa shape index (κ1) is 20.9. The van der Waals surface area contributed by atoms with Gasteiger partial charge in [-0.2, -0.15) is 0 Å². The van der Waals surface area contributed by atoms with Crippen LogP contribution >= 0.6 is 0 Å². The highest BCUT2D eigenvalue weighted by Gasteiger charge is 2.20. The number of anilines is 1. The van der Waals surface area contributed by atoms with Crippen molar-refractivity contribution in [2.45, 2.75) is 33.2 Å². The monoisotopic (exact) mass is 385 g/mol. The first-order chi connectivity index (χ1) is 13.3. The lowest BCUT2D eigenvalue weighted by molar-refractivity contribution is -0.385. The highest BCUT2D eigenvalue weighted by molar-refractivity contribution is 5.92. The van der Waals surface area contributed by atoms with E-state index >= 15 is 0 Å². The molecule has 2 rings (SSSR count). The molecule has 2 amide bonds. The highest BCUT2D eigenvalue weighted by Crippen LogP contribution is 2.27. The number of nitrogens with one attached hydrogen (secondary N) is 2. The minimum absolute atomic E-state index is 0.0520. The number of alkyl carbamates (subject to hydrolysis) is 1. The topological polar surface area (TPSA) is 111 Å². The van der Waals surface area contributed by atoms with Crippen molar-refractivity contribution in [2.75, 3.05) is 11.9 Å². The maximum Gasteiger partial charge on any atom is 0.407 e. The smallest absolute Gasteiger partial charge is 0.407 e. The summed E-state index contributed by atoms with van der Waals surface area (Å²) in [6.45, 7) is 5.31. The molecular weight excluding hydrogens is 362 g/mol. The predicted molar refractivity (Wildman–Crippen MR) is 105 cm³/mol. The average Bonchev–Trinajstić information content (AvgIpc) is 2.64. The Balaban J connectivity index is 2.17. The van der Waals surface area contributed by atoms with Crippen molar-refractivity contribution in [2.24, 2.45) is 0 Å². The molecule has 1 atom stereocenters. The first-order valence-electron chi connectivity index (χ1n) is 8.85. The molecule has 0 saturated heterocycles. The van der Waals surface area contributed by atoms with Crippen LogP contribution in [-0.2, 0) is 9.53 Å². The number of amides is 2. The Labute approximate surface area is 163 Å². The van der Waals surface area contributed by atoms with Crippen LogP contribution in [0.25, 0.3) is 0 Å². The number of hydrogen-bond acceptors (Lipinski definition) is 5. The van der Waals surface area contributed by atoms with Crippen LogP contribution in [0.2, 0.25) is 0 Å². The molecule has 28 heavy (non-hydrogen) atoms. The molecule has 2 aromatic rings. The van der Waals surface area contributed by atoms with Crippen LogP contribution in [-0.4, -0.2) is 23.5 Å². The molecule has 0 heterocycles. The number of carbonyl (C=O) groups excluding carboxylic acids is 2. The molecule has 2 N–H and O–H groups in total. The maximum atomic E-state index is 12.5. The molecular formula is C20H23N3O5. The zero-order valence-corrected chi connectivity index (χ0v) is 16.0. The number of nitro benzene ring substituents is 1. The van der Waals surface area contributed by atoms with Crippen molar-refractivity contribution in [3.05, 3.63) is 69.3 Å². The number of carbonyl (C=O) groups is 2. The fourth-order valence-corrected chi connectivity index (χ4v) is 2.75. The zero-order valence-electron chi connectivity index (χ0n) is 16.0. The van der Waals surface area contributed by atoms with E-state index in [0.29, 0.717) is 16.8 Å². The van der Waals surface area contributed by atoms with Gasteiger partial charge in [0.05, 0.1) is 24.0 Å². The number of nitrogens with zero attached hydrogens (tertiary/aromatic N) is 1. The summed E-state index contributed by atoms with van der Waals surface area (Å²) in [4.78, 5) is 35.1. The summed E-state index contributed by atoms with van der Waals surface area (Å²) in [7, 11) is 0. The van der Waals surface area contributed by atoms with Crippen molar-refractivity contribution in [3.8, 4) is 0 Å². The minimum Gasteiger partial charge on any atom is -0.450 e. The third kappa shape index (κ3) is 5.54. The Hall–Kier alpha value is -3.42. The minimum atomic E-state index is -0.619. The van der Waals surface area contributed by atoms with Crippen LogP contribution in [0.4, 0.5) is 16.2 Å². The van der Waals surface area contributed by atoms with Gasteiger partial charge >= 0.3 is 6.09 Å². The molecule has 0 spiro atoms. The molecule has 0 aliphatic heterocycles. The zero-order chi connectivity index (χ0) is 20.7. The summed E-state index contributed by atoms with van der Waals surface area (Å²) >= 11 is 0. The Morgan fingerprint density at radius 2 is 1.86 bits per heavy atom. The van der Waals surface area contributed by atoms with Gasteiger partial charge in [-0.3, -0.25) is 14.9 Å². The fraction of sp³-hybridized carbons (Fsp3) is 0.300. The maximum absolute atomic E-state index is 12.5. The summed E-state index contributed by atoms with van der Waals surface area (Å²) in [5.74, 6) is -0.386. The van der Waals surface area contributed by atoms with Gasteiger partial charge in [0.15, 0.2) is 0 Å². The number of ether oxygens (including phenoxy) is 1. The molecule has 0 unspecified atom stereocenters. The van der Waals surface area contributed by atoms with Crippen molar-refractivity contribution in [3.63, 3.8) is 0 Å². The summed E-state index contributed by atoms with van der Waals surface area (Å²) in [6.07, 6.45) is -0.672. The Kier molecular flexibility index (Phi) is 7.08. The van der Waals surface area contributed by atoms with Gasteiger partial charge in [0.2, 0.25) is 5.91 Å². The van der Waals surface area contributed by atoms with E-state index in [1.807, 2.05) is 6.07 Å². The molecule has 0 bridgehead atoms. The first-order valence-corrected chi connectivity index (χ1v) is 8.85. The normalized spacial score (nSPS) is 11.4. The molecule has 2 aromatic carbocycles. The third-order valence-corrected chi connectivity index (χ3v) is 4.28.